The number of ether oxygens (including phenoxy) is 4. The number of nitrogens with two attached hydrogens (primary N) is 1. The van der Waals surface area contributed by atoms with Gasteiger partial charge in [-0.3, -0.25) is 14.4 Å². The standard InChI is InChI=1S/C48H47N3O7/c49-46(52)41(51-48(54)40-26-16-29-43(56-32-36-19-7-2-8-20-36)45(40)58-34-38-23-11-4-12-24-38)27-13-14-30-50-47(53)39-25-15-28-42(55-31-35-17-5-1-6-18-35)44(39)57-33-37-21-9-3-10-22-37/h1-12,15-26,28-29,41H,13-14,27,30-34H2,(H2,49,52)(H,50,53)(H,51,54)/t41-/m0/s1. The van der Waals surface area contributed by atoms with Crippen molar-refractivity contribution in [1.82, 2.24) is 10.6 Å². The zero-order valence-corrected chi connectivity index (χ0v) is 32.2. The van der Waals surface area contributed by atoms with Crippen molar-refractivity contribution in [2.75, 3.05) is 6.54 Å². The van der Waals surface area contributed by atoms with Gasteiger partial charge in [0.05, 0.1) is 11.1 Å². The van der Waals surface area contributed by atoms with Crippen molar-refractivity contribution in [1.29, 1.82) is 0 Å². The Morgan fingerprint density at radius 3 is 1.28 bits per heavy atom. The monoisotopic (exact) mass is 777 g/mol. The summed E-state index contributed by atoms with van der Waals surface area (Å²) in [5.41, 5.74) is 10.1. The molecule has 0 heterocycles. The molecule has 6 aromatic rings. The first kappa shape index (κ1) is 40.6. The molecule has 10 heteroatoms. The molecule has 0 spiro atoms. The number of benzene rings is 6. The second kappa shape index (κ2) is 21.3. The van der Waals surface area contributed by atoms with Crippen molar-refractivity contribution in [3.63, 3.8) is 0 Å². The van der Waals surface area contributed by atoms with Gasteiger partial charge in [-0.1, -0.05) is 133 Å². The summed E-state index contributed by atoms with van der Waals surface area (Å²) in [6.07, 6.45) is 1.27. The van der Waals surface area contributed by atoms with Crippen LogP contribution in [0.4, 0.5) is 0 Å². The van der Waals surface area contributed by atoms with Gasteiger partial charge in [-0.2, -0.15) is 0 Å². The summed E-state index contributed by atoms with van der Waals surface area (Å²) >= 11 is 0. The van der Waals surface area contributed by atoms with Gasteiger partial charge in [-0.05, 0) is 65.8 Å². The molecule has 0 aliphatic carbocycles. The summed E-state index contributed by atoms with van der Waals surface area (Å²) in [5.74, 6) is -0.0818. The molecular formula is C48H47N3O7. The van der Waals surface area contributed by atoms with Gasteiger partial charge in [-0.15, -0.1) is 0 Å². The van der Waals surface area contributed by atoms with E-state index < -0.39 is 17.9 Å². The maximum Gasteiger partial charge on any atom is 0.255 e. The number of hydrogen-bond acceptors (Lipinski definition) is 7. The van der Waals surface area contributed by atoms with Gasteiger partial charge in [0, 0.05) is 6.54 Å². The van der Waals surface area contributed by atoms with Crippen LogP contribution in [-0.4, -0.2) is 30.3 Å². The van der Waals surface area contributed by atoms with Crippen LogP contribution in [0.25, 0.3) is 0 Å². The Morgan fingerprint density at radius 2 is 0.862 bits per heavy atom. The average molecular weight is 778 g/mol. The lowest BCUT2D eigenvalue weighted by molar-refractivity contribution is -0.120. The summed E-state index contributed by atoms with van der Waals surface area (Å²) < 4.78 is 24.7. The molecule has 0 aliphatic heterocycles. The quantitative estimate of drug-likeness (QED) is 0.0627. The topological polar surface area (TPSA) is 138 Å². The highest BCUT2D eigenvalue weighted by Crippen LogP contribution is 2.34. The second-order valence-electron chi connectivity index (χ2n) is 13.5. The first-order valence-corrected chi connectivity index (χ1v) is 19.3. The van der Waals surface area contributed by atoms with E-state index >= 15 is 0 Å². The van der Waals surface area contributed by atoms with Crippen LogP contribution in [0.1, 0.15) is 62.2 Å². The fourth-order valence-electron chi connectivity index (χ4n) is 6.14. The van der Waals surface area contributed by atoms with Gasteiger partial charge in [0.1, 0.15) is 32.5 Å². The molecule has 0 aromatic heterocycles. The molecule has 0 bridgehead atoms. The Hall–Kier alpha value is -7.07. The summed E-state index contributed by atoms with van der Waals surface area (Å²) in [7, 11) is 0. The van der Waals surface area contributed by atoms with Crippen molar-refractivity contribution in [3.8, 4) is 23.0 Å². The smallest absolute Gasteiger partial charge is 0.255 e. The zero-order chi connectivity index (χ0) is 40.4. The largest absolute Gasteiger partial charge is 0.485 e. The number of para-hydroxylation sites is 2. The third-order valence-electron chi connectivity index (χ3n) is 9.23. The minimum Gasteiger partial charge on any atom is -0.485 e. The lowest BCUT2D eigenvalue weighted by Gasteiger charge is -2.19. The highest BCUT2D eigenvalue weighted by atomic mass is 16.5. The summed E-state index contributed by atoms with van der Waals surface area (Å²) in [6, 6.07) is 48.1. The number of carbonyl (C=O) groups is 3. The number of carbonyl (C=O) groups excluding carboxylic acids is 3. The van der Waals surface area contributed by atoms with E-state index in [2.05, 4.69) is 10.6 Å². The van der Waals surface area contributed by atoms with Gasteiger partial charge in [0.15, 0.2) is 23.0 Å². The molecule has 0 saturated heterocycles. The maximum absolute atomic E-state index is 13.8. The number of hydrogen-bond donors (Lipinski definition) is 3. The highest BCUT2D eigenvalue weighted by molar-refractivity contribution is 6.00. The first-order valence-electron chi connectivity index (χ1n) is 19.3. The molecule has 0 aliphatic rings. The van der Waals surface area contributed by atoms with Crippen LogP contribution in [0.2, 0.25) is 0 Å². The molecule has 0 fully saturated rings. The average Bonchev–Trinajstić information content (AvgIpc) is 3.27. The van der Waals surface area contributed by atoms with E-state index in [-0.39, 0.29) is 43.5 Å². The van der Waals surface area contributed by atoms with Crippen molar-refractivity contribution in [3.05, 3.63) is 191 Å². The molecule has 0 saturated carbocycles. The lowest BCUT2D eigenvalue weighted by atomic mass is 10.1. The van der Waals surface area contributed by atoms with Crippen LogP contribution in [0, 0.1) is 0 Å². The molecular weight excluding hydrogens is 731 g/mol. The zero-order valence-electron chi connectivity index (χ0n) is 32.2. The predicted octanol–water partition coefficient (Wildman–Crippen LogP) is 8.19. The first-order chi connectivity index (χ1) is 28.4. The van der Waals surface area contributed by atoms with Crippen LogP contribution in [0.3, 0.4) is 0 Å². The molecule has 0 unspecified atom stereocenters. The fraction of sp³-hybridized carbons (Fsp3) is 0.188. The molecule has 58 heavy (non-hydrogen) atoms. The van der Waals surface area contributed by atoms with Gasteiger partial charge in [0.2, 0.25) is 5.91 Å². The Kier molecular flexibility index (Phi) is 14.9. The summed E-state index contributed by atoms with van der Waals surface area (Å²) in [6.45, 7) is 1.33. The third kappa shape index (κ3) is 12.0. The van der Waals surface area contributed by atoms with Crippen LogP contribution < -0.4 is 35.3 Å². The van der Waals surface area contributed by atoms with E-state index in [4.69, 9.17) is 24.7 Å². The van der Waals surface area contributed by atoms with Crippen molar-refractivity contribution < 1.29 is 33.3 Å². The van der Waals surface area contributed by atoms with E-state index in [0.717, 1.165) is 22.3 Å². The van der Waals surface area contributed by atoms with Gasteiger partial charge in [-0.25, -0.2) is 0 Å². The number of unbranched alkanes of at least 4 members (excludes halogenated alkanes) is 1. The second-order valence-corrected chi connectivity index (χ2v) is 13.5. The van der Waals surface area contributed by atoms with E-state index in [1.807, 2.05) is 121 Å². The van der Waals surface area contributed by atoms with Crippen molar-refractivity contribution >= 4 is 17.7 Å². The number of nitrogens with one attached hydrogen (secondary N) is 2. The Balaban J connectivity index is 1.07. The molecule has 10 nitrogen and oxygen atoms in total. The van der Waals surface area contributed by atoms with Crippen LogP contribution >= 0.6 is 0 Å². The number of rotatable bonds is 21. The van der Waals surface area contributed by atoms with E-state index in [1.54, 1.807) is 36.4 Å². The van der Waals surface area contributed by atoms with Crippen molar-refractivity contribution in [2.24, 2.45) is 5.73 Å². The van der Waals surface area contributed by atoms with Crippen molar-refractivity contribution in [2.45, 2.75) is 51.7 Å². The van der Waals surface area contributed by atoms with Crippen LogP contribution in [-0.2, 0) is 31.2 Å². The van der Waals surface area contributed by atoms with E-state index in [1.165, 1.54) is 0 Å². The lowest BCUT2D eigenvalue weighted by Crippen LogP contribution is -2.44. The molecule has 1 atom stereocenters. The predicted molar refractivity (Wildman–Crippen MR) is 223 cm³/mol. The Morgan fingerprint density at radius 1 is 0.466 bits per heavy atom. The summed E-state index contributed by atoms with van der Waals surface area (Å²) in [5, 5.41) is 5.76. The molecule has 0 radical (unpaired) electrons. The Labute approximate surface area is 338 Å². The minimum atomic E-state index is -0.962. The minimum absolute atomic E-state index is 0.198. The maximum atomic E-state index is 13.8. The van der Waals surface area contributed by atoms with Crippen LogP contribution in [0.5, 0.6) is 23.0 Å². The molecule has 6 rings (SSSR count). The normalized spacial score (nSPS) is 11.2. The molecule has 3 amide bonds. The Bertz CT molecular complexity index is 2220. The highest BCUT2D eigenvalue weighted by Gasteiger charge is 2.24. The summed E-state index contributed by atoms with van der Waals surface area (Å²) in [4.78, 5) is 39.9. The van der Waals surface area contributed by atoms with E-state index in [0.29, 0.717) is 48.8 Å². The molecule has 4 N–H and O–H groups in total. The molecule has 296 valence electrons. The SMILES string of the molecule is NC(=O)[C@H](CCCCNC(=O)c1cccc(OCc2ccccc2)c1OCc1ccccc1)NC(=O)c1cccc(OCc2ccccc2)c1OCc1ccccc1. The van der Waals surface area contributed by atoms with E-state index in [9.17, 15) is 14.4 Å². The molecule has 6 aromatic carbocycles. The third-order valence-corrected chi connectivity index (χ3v) is 9.23. The number of primary amides is 1. The van der Waals surface area contributed by atoms with Gasteiger partial charge >= 0.3 is 0 Å². The van der Waals surface area contributed by atoms with Gasteiger partial charge in [0.25, 0.3) is 11.8 Å². The van der Waals surface area contributed by atoms with Crippen LogP contribution in [0.15, 0.2) is 158 Å². The fourth-order valence-corrected chi connectivity index (χ4v) is 6.14. The van der Waals surface area contributed by atoms with Gasteiger partial charge < -0.3 is 35.3 Å². The number of amides is 3.